The van der Waals surface area contributed by atoms with Crippen molar-refractivity contribution < 1.29 is 43.6 Å². The molecule has 2 aromatic carbocycles. The Bertz CT molecular complexity index is 1550. The largest absolute Gasteiger partial charge is 0.481 e. The molecule has 0 saturated carbocycles. The number of hydrogen-bond donors (Lipinski definition) is 6. The van der Waals surface area contributed by atoms with Crippen LogP contribution in [0.5, 0.6) is 0 Å². The molecule has 17 heteroatoms. The zero-order chi connectivity index (χ0) is 36.1. The number of carboxylic acids is 1. The number of nitrogens with zero attached hydrogens (tertiary/aromatic N) is 2. The summed E-state index contributed by atoms with van der Waals surface area (Å²) >= 11 is 0. The highest BCUT2D eigenvalue weighted by atomic mass is 16.6. The van der Waals surface area contributed by atoms with Crippen LogP contribution in [0.2, 0.25) is 0 Å². The fourth-order valence-electron chi connectivity index (χ4n) is 5.17. The molecule has 1 saturated heterocycles. The van der Waals surface area contributed by atoms with Gasteiger partial charge in [0.1, 0.15) is 24.2 Å². The third-order valence-electron chi connectivity index (χ3n) is 7.73. The molecule has 0 aromatic heterocycles. The van der Waals surface area contributed by atoms with E-state index in [9.17, 15) is 43.7 Å². The molecule has 4 unspecified atom stereocenters. The molecule has 17 nitrogen and oxygen atoms in total. The molecule has 49 heavy (non-hydrogen) atoms. The first-order valence-corrected chi connectivity index (χ1v) is 15.5. The number of carboxylic acid groups (broad SMARTS) is 1. The van der Waals surface area contributed by atoms with Crippen LogP contribution >= 0.6 is 0 Å². The maximum atomic E-state index is 13.8. The number of non-ortho nitro benzene ring substituents is 1. The average molecular weight is 682 g/mol. The monoisotopic (exact) mass is 681 g/mol. The second-order valence-electron chi connectivity index (χ2n) is 11.5. The Morgan fingerprint density at radius 2 is 1.59 bits per heavy atom. The number of carbonyl (C=O) groups is 7. The molecule has 0 radical (unpaired) electrons. The lowest BCUT2D eigenvalue weighted by Crippen LogP contribution is -2.57. The minimum Gasteiger partial charge on any atom is -0.481 e. The second kappa shape index (κ2) is 17.9. The summed E-state index contributed by atoms with van der Waals surface area (Å²) in [5.74, 6) is -5.31. The molecule has 0 spiro atoms. The lowest BCUT2D eigenvalue weighted by atomic mass is 10.0. The van der Waals surface area contributed by atoms with Crippen molar-refractivity contribution in [3.8, 4) is 0 Å². The van der Waals surface area contributed by atoms with E-state index in [2.05, 4.69) is 21.3 Å². The van der Waals surface area contributed by atoms with Crippen LogP contribution in [0.25, 0.3) is 0 Å². The number of nitro benzene ring substituents is 1. The van der Waals surface area contributed by atoms with E-state index in [-0.39, 0.29) is 50.0 Å². The molecule has 262 valence electrons. The number of hydrogen-bond acceptors (Lipinski definition) is 9. The molecule has 1 fully saturated rings. The van der Waals surface area contributed by atoms with Crippen LogP contribution in [0, 0.1) is 10.1 Å². The predicted octanol–water partition coefficient (Wildman–Crippen LogP) is 0.372. The van der Waals surface area contributed by atoms with Crippen LogP contribution in [0.15, 0.2) is 54.6 Å². The molecule has 1 heterocycles. The Morgan fingerprint density at radius 3 is 2.20 bits per heavy atom. The Balaban J connectivity index is 1.75. The Morgan fingerprint density at radius 1 is 0.918 bits per heavy atom. The molecule has 1 aliphatic rings. The van der Waals surface area contributed by atoms with E-state index in [1.807, 2.05) is 0 Å². The lowest BCUT2D eigenvalue weighted by Gasteiger charge is -2.30. The number of amides is 6. The van der Waals surface area contributed by atoms with E-state index in [4.69, 9.17) is 10.8 Å². The fourth-order valence-corrected chi connectivity index (χ4v) is 5.17. The maximum absolute atomic E-state index is 13.8. The van der Waals surface area contributed by atoms with Gasteiger partial charge in [0, 0.05) is 43.6 Å². The minimum atomic E-state index is -1.29. The van der Waals surface area contributed by atoms with Crippen LogP contribution in [-0.4, -0.2) is 87.1 Å². The molecule has 3 rings (SSSR count). The first kappa shape index (κ1) is 37.6. The summed E-state index contributed by atoms with van der Waals surface area (Å²) in [5, 5.41) is 30.0. The summed E-state index contributed by atoms with van der Waals surface area (Å²) in [6.07, 6.45) is -0.524. The van der Waals surface area contributed by atoms with Gasteiger partial charge in [-0.2, -0.15) is 0 Å². The fraction of sp³-hybridized carbons (Fsp3) is 0.406. The molecular formula is C32H39N7O10. The van der Waals surface area contributed by atoms with E-state index in [1.54, 1.807) is 30.3 Å². The van der Waals surface area contributed by atoms with Gasteiger partial charge in [0.25, 0.3) is 5.69 Å². The molecule has 6 amide bonds. The number of aliphatic carboxylic acids is 1. The summed E-state index contributed by atoms with van der Waals surface area (Å²) < 4.78 is 0. The number of nitrogens with one attached hydrogen (secondary N) is 4. The first-order valence-electron chi connectivity index (χ1n) is 15.5. The van der Waals surface area contributed by atoms with Crippen molar-refractivity contribution in [1.82, 2.24) is 20.9 Å². The van der Waals surface area contributed by atoms with Gasteiger partial charge in [-0.3, -0.25) is 43.7 Å². The van der Waals surface area contributed by atoms with Gasteiger partial charge in [-0.15, -0.1) is 0 Å². The van der Waals surface area contributed by atoms with Crippen molar-refractivity contribution in [2.45, 2.75) is 76.0 Å². The summed E-state index contributed by atoms with van der Waals surface area (Å²) in [4.78, 5) is 99.8. The minimum absolute atomic E-state index is 0.0828. The molecule has 0 bridgehead atoms. The topological polar surface area (TPSA) is 260 Å². The predicted molar refractivity (Wildman–Crippen MR) is 173 cm³/mol. The van der Waals surface area contributed by atoms with E-state index in [0.29, 0.717) is 6.42 Å². The maximum Gasteiger partial charge on any atom is 0.303 e. The van der Waals surface area contributed by atoms with E-state index in [1.165, 1.54) is 36.1 Å². The Labute approximate surface area is 281 Å². The van der Waals surface area contributed by atoms with E-state index < -0.39 is 76.9 Å². The Hall–Kier alpha value is -5.87. The number of anilines is 1. The van der Waals surface area contributed by atoms with E-state index >= 15 is 0 Å². The van der Waals surface area contributed by atoms with Gasteiger partial charge in [-0.25, -0.2) is 0 Å². The zero-order valence-electron chi connectivity index (χ0n) is 26.8. The number of nitro groups is 1. The van der Waals surface area contributed by atoms with Gasteiger partial charge in [0.05, 0.1) is 11.3 Å². The number of likely N-dealkylation sites (tertiary alicyclic amines) is 1. The van der Waals surface area contributed by atoms with Crippen LogP contribution in [0.4, 0.5) is 11.4 Å². The van der Waals surface area contributed by atoms with Crippen molar-refractivity contribution in [3.63, 3.8) is 0 Å². The smallest absolute Gasteiger partial charge is 0.303 e. The number of carbonyl (C=O) groups excluding carboxylic acids is 6. The number of rotatable bonds is 17. The van der Waals surface area contributed by atoms with Gasteiger partial charge < -0.3 is 37.0 Å². The highest BCUT2D eigenvalue weighted by Crippen LogP contribution is 2.21. The normalized spacial score (nSPS) is 15.6. The molecular weight excluding hydrogens is 642 g/mol. The van der Waals surface area contributed by atoms with Gasteiger partial charge in [0.2, 0.25) is 35.4 Å². The van der Waals surface area contributed by atoms with Crippen molar-refractivity contribution in [1.29, 1.82) is 0 Å². The van der Waals surface area contributed by atoms with Gasteiger partial charge in [-0.05, 0) is 43.9 Å². The van der Waals surface area contributed by atoms with Gasteiger partial charge in [0.15, 0.2) is 0 Å². The van der Waals surface area contributed by atoms with Crippen LogP contribution in [0.1, 0.15) is 51.0 Å². The van der Waals surface area contributed by atoms with Gasteiger partial charge >= 0.3 is 5.97 Å². The standard InChI is InChI=1S/C32H39N7O10/c1-19(34-27(41)15-16-28(42)43)29(44)36-23(13-14-26(33)40)32(47)38-17-5-8-25(38)31(46)37-24(18-20-6-3-2-4-7-20)30(45)35-21-9-11-22(12-10-21)39(48)49/h2-4,6-7,9-12,19,23-25H,5,8,13-18H2,1H3,(H2,33,40)(H,34,41)(H,35,45)(H,36,44)(H,37,46)(H,42,43). The first-order chi connectivity index (χ1) is 23.2. The van der Waals surface area contributed by atoms with Crippen LogP contribution < -0.4 is 27.0 Å². The number of benzene rings is 2. The molecule has 2 aromatic rings. The Kier molecular flexibility index (Phi) is 13.7. The molecule has 0 aliphatic carbocycles. The number of primary amides is 1. The molecule has 7 N–H and O–H groups in total. The quantitative estimate of drug-likeness (QED) is 0.0987. The summed E-state index contributed by atoms with van der Waals surface area (Å²) in [5.41, 5.74) is 6.12. The van der Waals surface area contributed by atoms with E-state index in [0.717, 1.165) is 5.56 Å². The number of nitrogens with two attached hydrogens (primary N) is 1. The van der Waals surface area contributed by atoms with Crippen molar-refractivity contribution in [2.75, 3.05) is 11.9 Å². The van der Waals surface area contributed by atoms with Gasteiger partial charge in [-0.1, -0.05) is 30.3 Å². The second-order valence-corrected chi connectivity index (χ2v) is 11.5. The summed E-state index contributed by atoms with van der Waals surface area (Å²) in [7, 11) is 0. The summed E-state index contributed by atoms with van der Waals surface area (Å²) in [6, 6.07) is 9.44. The zero-order valence-corrected chi connectivity index (χ0v) is 26.8. The lowest BCUT2D eigenvalue weighted by molar-refractivity contribution is -0.384. The molecule has 1 aliphatic heterocycles. The average Bonchev–Trinajstić information content (AvgIpc) is 3.56. The highest BCUT2D eigenvalue weighted by molar-refractivity contribution is 5.99. The van der Waals surface area contributed by atoms with Crippen molar-refractivity contribution in [2.24, 2.45) is 5.73 Å². The third-order valence-corrected chi connectivity index (χ3v) is 7.73. The summed E-state index contributed by atoms with van der Waals surface area (Å²) in [6.45, 7) is 1.48. The highest BCUT2D eigenvalue weighted by Gasteiger charge is 2.39. The van der Waals surface area contributed by atoms with Crippen LogP contribution in [-0.2, 0) is 40.0 Å². The van der Waals surface area contributed by atoms with Crippen LogP contribution in [0.3, 0.4) is 0 Å². The molecule has 4 atom stereocenters. The third kappa shape index (κ3) is 11.7. The van der Waals surface area contributed by atoms with Crippen molar-refractivity contribution >= 4 is 52.8 Å². The van der Waals surface area contributed by atoms with Crippen molar-refractivity contribution in [3.05, 3.63) is 70.3 Å². The SMILES string of the molecule is CC(NC(=O)CCC(=O)O)C(=O)NC(CCC(N)=O)C(=O)N1CCCC1C(=O)NC(Cc1ccccc1)C(=O)Nc1ccc([N+](=O)[O-])cc1.